The van der Waals surface area contributed by atoms with Crippen molar-refractivity contribution >= 4 is 20.0 Å². The first-order valence-electron chi connectivity index (χ1n) is 5.86. The molecule has 0 atom stereocenters. The van der Waals surface area contributed by atoms with Crippen LogP contribution in [0.5, 0.6) is 0 Å². The van der Waals surface area contributed by atoms with Gasteiger partial charge < -0.3 is 18.9 Å². The number of ether oxygens (including phenoxy) is 2. The first-order chi connectivity index (χ1) is 10.7. The van der Waals surface area contributed by atoms with Gasteiger partial charge in [0.1, 0.15) is 0 Å². The summed E-state index contributed by atoms with van der Waals surface area (Å²) in [6, 6.07) is 0. The summed E-state index contributed by atoms with van der Waals surface area (Å²) in [5.74, 6) is 0. The fourth-order valence-electron chi connectivity index (χ4n) is 0.912. The molecule has 0 aliphatic rings. The molecule has 0 aromatic heterocycles. The molecule has 0 fully saturated rings. The Balaban J connectivity index is -0.00000264. The smallest absolute Gasteiger partial charge is 0.539 e. The maximum Gasteiger partial charge on any atom is 1.00 e. The van der Waals surface area contributed by atoms with Crippen LogP contribution in [0.1, 0.15) is 0 Å². The molecule has 0 radical (unpaired) electrons. The van der Waals surface area contributed by atoms with E-state index in [2.05, 4.69) is 18.9 Å². The first-order valence-corrected chi connectivity index (χ1v) is 8.74. The van der Waals surface area contributed by atoms with Gasteiger partial charge in [0, 0.05) is 13.2 Å². The van der Waals surface area contributed by atoms with Crippen molar-refractivity contribution < 1.29 is 190 Å². The second kappa shape index (κ2) is 15.3. The predicted molar refractivity (Wildman–Crippen MR) is 68.0 cm³/mol. The molecule has 0 aliphatic heterocycles. The molecular formula is C8H12Cs2F6N2O6S2. The van der Waals surface area contributed by atoms with Gasteiger partial charge in [-0.25, -0.2) is 16.8 Å². The molecule has 0 aromatic carbocycles. The summed E-state index contributed by atoms with van der Waals surface area (Å²) in [4.78, 5) is 0. The zero-order chi connectivity index (χ0) is 19.1. The molecule has 0 saturated carbocycles. The van der Waals surface area contributed by atoms with Gasteiger partial charge in [-0.1, -0.05) is 0 Å². The fourth-order valence-corrected chi connectivity index (χ4v) is 1.83. The van der Waals surface area contributed by atoms with Crippen LogP contribution in [0.25, 0.3) is 9.44 Å². The van der Waals surface area contributed by atoms with Gasteiger partial charge in [0.15, 0.2) is 20.0 Å². The second-order valence-electron chi connectivity index (χ2n) is 3.77. The summed E-state index contributed by atoms with van der Waals surface area (Å²) in [6.07, 6.45) is 0. The van der Waals surface area contributed by atoms with E-state index in [0.29, 0.717) is 0 Å². The standard InChI is InChI=1S/C8H12F6N2O6S2.2Cs/c9-7(10,11)23(17,18)15-1-3-21-5-6-22-4-2-16-24(19,20)8(12,13)14;;/h1-6H2;;/q-2;2*+1. The van der Waals surface area contributed by atoms with Crippen molar-refractivity contribution in [3.8, 4) is 0 Å². The Labute approximate surface area is 264 Å². The molecule has 8 nitrogen and oxygen atoms in total. The average Bonchev–Trinajstić information content (AvgIpc) is 2.38. The van der Waals surface area contributed by atoms with E-state index in [9.17, 15) is 43.2 Å². The third kappa shape index (κ3) is 14.4. The number of sulfonamides is 2. The number of alkyl halides is 6. The third-order valence-electron chi connectivity index (χ3n) is 1.95. The van der Waals surface area contributed by atoms with Crippen molar-refractivity contribution in [1.82, 2.24) is 0 Å². The van der Waals surface area contributed by atoms with E-state index in [1.807, 2.05) is 0 Å². The second-order valence-corrected chi connectivity index (χ2v) is 7.11. The summed E-state index contributed by atoms with van der Waals surface area (Å²) in [5, 5.41) is 0. The normalized spacial score (nSPS) is 13.0. The van der Waals surface area contributed by atoms with E-state index in [1.165, 1.54) is 0 Å². The Hall–Kier alpha value is 3.42. The van der Waals surface area contributed by atoms with E-state index in [1.54, 1.807) is 0 Å². The molecule has 0 unspecified atom stereocenters. The van der Waals surface area contributed by atoms with Gasteiger partial charge >= 0.3 is 149 Å². The van der Waals surface area contributed by atoms with Gasteiger partial charge in [-0.2, -0.15) is 26.3 Å². The maximum atomic E-state index is 11.9. The van der Waals surface area contributed by atoms with Gasteiger partial charge in [0.2, 0.25) is 0 Å². The van der Waals surface area contributed by atoms with Crippen LogP contribution >= 0.6 is 0 Å². The molecule has 0 N–H and O–H groups in total. The van der Waals surface area contributed by atoms with Gasteiger partial charge in [-0.3, -0.25) is 0 Å². The van der Waals surface area contributed by atoms with E-state index in [0.717, 1.165) is 0 Å². The number of halogens is 6. The van der Waals surface area contributed by atoms with Crippen LogP contribution in [-0.4, -0.2) is 67.4 Å². The van der Waals surface area contributed by atoms with Gasteiger partial charge in [-0.15, -0.1) is 13.1 Å². The first kappa shape index (κ1) is 34.0. The van der Waals surface area contributed by atoms with Crippen molar-refractivity contribution in [2.75, 3.05) is 39.5 Å². The Morgan fingerprint density at radius 3 is 1.12 bits per heavy atom. The van der Waals surface area contributed by atoms with Gasteiger partial charge in [0.25, 0.3) is 0 Å². The van der Waals surface area contributed by atoms with Crippen molar-refractivity contribution in [2.24, 2.45) is 0 Å². The Morgan fingerprint density at radius 2 is 0.885 bits per heavy atom. The topological polar surface area (TPSA) is 115 Å². The van der Waals surface area contributed by atoms with E-state index < -0.39 is 57.4 Å². The van der Waals surface area contributed by atoms with Gasteiger partial charge in [-0.05, 0) is 0 Å². The van der Waals surface area contributed by atoms with E-state index >= 15 is 0 Å². The minimum atomic E-state index is -5.58. The largest absolute Gasteiger partial charge is 1.00 e. The van der Waals surface area contributed by atoms with Crippen LogP contribution in [0.4, 0.5) is 26.3 Å². The number of hydrogen-bond donors (Lipinski definition) is 0. The van der Waals surface area contributed by atoms with Crippen LogP contribution < -0.4 is 138 Å². The molecule has 0 spiro atoms. The Morgan fingerprint density at radius 1 is 0.615 bits per heavy atom. The summed E-state index contributed by atoms with van der Waals surface area (Å²) in [6.45, 7) is -2.94. The molecule has 146 valence electrons. The third-order valence-corrected chi connectivity index (χ3v) is 4.17. The average molecular weight is 676 g/mol. The SMILES string of the molecule is O=S(=O)([N-]CCOCCOCC[N-]S(=O)(=O)C(F)(F)F)C(F)(F)F.[Cs+].[Cs+]. The molecule has 0 saturated heterocycles. The minimum absolute atomic E-state index is 0. The van der Waals surface area contributed by atoms with Crippen molar-refractivity contribution in [2.45, 2.75) is 11.0 Å². The Kier molecular flexibility index (Phi) is 20.0. The molecule has 0 amide bonds. The van der Waals surface area contributed by atoms with Crippen LogP contribution in [0.3, 0.4) is 0 Å². The van der Waals surface area contributed by atoms with Crippen LogP contribution in [0.2, 0.25) is 0 Å². The molecule has 26 heavy (non-hydrogen) atoms. The monoisotopic (exact) mass is 676 g/mol. The number of rotatable bonds is 11. The molecule has 18 heteroatoms. The summed E-state index contributed by atoms with van der Waals surface area (Å²) in [5.41, 5.74) is -11.0. The van der Waals surface area contributed by atoms with Crippen molar-refractivity contribution in [1.29, 1.82) is 0 Å². The zero-order valence-electron chi connectivity index (χ0n) is 13.7. The Bertz CT molecular complexity index is 531. The quantitative estimate of drug-likeness (QED) is 0.161. The zero-order valence-corrected chi connectivity index (χ0v) is 27.9. The van der Waals surface area contributed by atoms with E-state index in [4.69, 9.17) is 0 Å². The summed E-state index contributed by atoms with van der Waals surface area (Å²) < 4.78 is 127. The van der Waals surface area contributed by atoms with Crippen LogP contribution in [0.15, 0.2) is 0 Å². The summed E-state index contributed by atoms with van der Waals surface area (Å²) in [7, 11) is -11.2. The maximum absolute atomic E-state index is 11.9. The van der Waals surface area contributed by atoms with Crippen LogP contribution in [-0.2, 0) is 29.5 Å². The van der Waals surface area contributed by atoms with Crippen molar-refractivity contribution in [3.05, 3.63) is 9.44 Å². The molecule has 0 aromatic rings. The minimum Gasteiger partial charge on any atom is -0.539 e. The predicted octanol–water partition coefficient (Wildman–Crippen LogP) is -4.53. The summed E-state index contributed by atoms with van der Waals surface area (Å²) >= 11 is 0. The molecule has 0 aliphatic carbocycles. The number of hydrogen-bond acceptors (Lipinski definition) is 6. The fraction of sp³-hybridized carbons (Fsp3) is 1.00. The molecule has 0 bridgehead atoms. The molecule has 0 rings (SSSR count). The van der Waals surface area contributed by atoms with E-state index in [-0.39, 0.29) is 151 Å². The van der Waals surface area contributed by atoms with Gasteiger partial charge in [0.05, 0.1) is 13.2 Å². The van der Waals surface area contributed by atoms with Crippen molar-refractivity contribution in [3.63, 3.8) is 0 Å². The molecule has 0 heterocycles. The molecular weight excluding hydrogens is 664 g/mol. The number of nitrogens with zero attached hydrogens (tertiary/aromatic N) is 2. The van der Waals surface area contributed by atoms with Crippen LogP contribution in [0, 0.1) is 0 Å².